The van der Waals surface area contributed by atoms with E-state index in [1.165, 1.54) is 12.0 Å². The topological polar surface area (TPSA) is 46.6 Å². The number of ether oxygens (including phenoxy) is 1. The van der Waals surface area contributed by atoms with E-state index in [1.807, 2.05) is 42.2 Å². The highest BCUT2D eigenvalue weighted by atomic mass is 16.5. The molecule has 0 heterocycles. The van der Waals surface area contributed by atoms with Gasteiger partial charge in [0.15, 0.2) is 0 Å². The van der Waals surface area contributed by atoms with Crippen molar-refractivity contribution in [3.63, 3.8) is 0 Å². The summed E-state index contributed by atoms with van der Waals surface area (Å²) >= 11 is 0. The molecule has 1 aliphatic rings. The Labute approximate surface area is 150 Å². The zero-order valence-corrected chi connectivity index (χ0v) is 15.4. The summed E-state index contributed by atoms with van der Waals surface area (Å²) in [6, 6.07) is 8.30. The average molecular weight is 343 g/mol. The number of hydrogen-bond donors (Lipinski definition) is 0. The molecule has 0 saturated heterocycles. The SMILES string of the molecule is CCOC(=O)CCN(C(=O)/C=C/c1ccc(C)cc1)C1CCCCC1. The normalized spacial score (nSPS) is 15.3. The van der Waals surface area contributed by atoms with E-state index < -0.39 is 0 Å². The monoisotopic (exact) mass is 343 g/mol. The summed E-state index contributed by atoms with van der Waals surface area (Å²) < 4.78 is 5.00. The van der Waals surface area contributed by atoms with Crippen molar-refractivity contribution in [3.8, 4) is 0 Å². The van der Waals surface area contributed by atoms with Gasteiger partial charge in [-0.25, -0.2) is 0 Å². The lowest BCUT2D eigenvalue weighted by Gasteiger charge is -2.33. The molecule has 1 aliphatic carbocycles. The lowest BCUT2D eigenvalue weighted by atomic mass is 9.94. The van der Waals surface area contributed by atoms with E-state index in [4.69, 9.17) is 4.74 Å². The van der Waals surface area contributed by atoms with Crippen LogP contribution >= 0.6 is 0 Å². The second kappa shape index (κ2) is 10.0. The van der Waals surface area contributed by atoms with Gasteiger partial charge in [0.25, 0.3) is 0 Å². The van der Waals surface area contributed by atoms with Crippen LogP contribution in [0.15, 0.2) is 30.3 Å². The molecule has 4 nitrogen and oxygen atoms in total. The van der Waals surface area contributed by atoms with Crippen LogP contribution in [0.5, 0.6) is 0 Å². The van der Waals surface area contributed by atoms with E-state index in [0.29, 0.717) is 13.2 Å². The molecule has 1 aromatic carbocycles. The highest BCUT2D eigenvalue weighted by Crippen LogP contribution is 2.23. The smallest absolute Gasteiger partial charge is 0.307 e. The third-order valence-electron chi connectivity index (χ3n) is 4.66. The van der Waals surface area contributed by atoms with Crippen LogP contribution in [-0.2, 0) is 14.3 Å². The van der Waals surface area contributed by atoms with Gasteiger partial charge in [-0.2, -0.15) is 0 Å². The average Bonchev–Trinajstić information content (AvgIpc) is 2.62. The Hall–Kier alpha value is -2.10. The first-order valence-corrected chi connectivity index (χ1v) is 9.31. The quantitative estimate of drug-likeness (QED) is 0.552. The Bertz CT molecular complexity index is 586. The number of hydrogen-bond acceptors (Lipinski definition) is 3. The van der Waals surface area contributed by atoms with E-state index in [0.717, 1.165) is 31.2 Å². The van der Waals surface area contributed by atoms with Gasteiger partial charge in [-0.3, -0.25) is 9.59 Å². The molecule has 0 atom stereocenters. The maximum absolute atomic E-state index is 12.7. The zero-order chi connectivity index (χ0) is 18.1. The van der Waals surface area contributed by atoms with Gasteiger partial charge in [-0.05, 0) is 38.3 Å². The lowest BCUT2D eigenvalue weighted by molar-refractivity contribution is -0.144. The van der Waals surface area contributed by atoms with Crippen molar-refractivity contribution in [2.75, 3.05) is 13.2 Å². The molecule has 2 rings (SSSR count). The summed E-state index contributed by atoms with van der Waals surface area (Å²) in [6.07, 6.45) is 9.31. The van der Waals surface area contributed by atoms with Gasteiger partial charge in [0.05, 0.1) is 13.0 Å². The molecule has 25 heavy (non-hydrogen) atoms. The second-order valence-electron chi connectivity index (χ2n) is 6.62. The van der Waals surface area contributed by atoms with Crippen LogP contribution in [0.1, 0.15) is 56.6 Å². The molecule has 0 aliphatic heterocycles. The molecule has 0 N–H and O–H groups in total. The minimum Gasteiger partial charge on any atom is -0.466 e. The van der Waals surface area contributed by atoms with Crippen LogP contribution < -0.4 is 0 Å². The predicted octanol–water partition coefficient (Wildman–Crippen LogP) is 4.12. The molecule has 0 aromatic heterocycles. The number of carbonyl (C=O) groups excluding carboxylic acids is 2. The summed E-state index contributed by atoms with van der Waals surface area (Å²) in [7, 11) is 0. The lowest BCUT2D eigenvalue weighted by Crippen LogP contribution is -2.42. The van der Waals surface area contributed by atoms with Crippen LogP contribution in [0.3, 0.4) is 0 Å². The standard InChI is InChI=1S/C21H29NO3/c1-3-25-21(24)15-16-22(19-7-5-4-6-8-19)20(23)14-13-18-11-9-17(2)10-12-18/h9-14,19H,3-8,15-16H2,1-2H3/b14-13+. The van der Waals surface area contributed by atoms with Crippen molar-refractivity contribution in [2.45, 2.75) is 58.4 Å². The van der Waals surface area contributed by atoms with Gasteiger partial charge in [0.2, 0.25) is 5.91 Å². The van der Waals surface area contributed by atoms with Crippen LogP contribution in [-0.4, -0.2) is 36.0 Å². The van der Waals surface area contributed by atoms with Crippen LogP contribution in [0.2, 0.25) is 0 Å². The second-order valence-corrected chi connectivity index (χ2v) is 6.62. The Morgan fingerprint density at radius 1 is 1.16 bits per heavy atom. The molecule has 136 valence electrons. The third-order valence-corrected chi connectivity index (χ3v) is 4.66. The van der Waals surface area contributed by atoms with Crippen molar-refractivity contribution >= 4 is 18.0 Å². The Balaban J connectivity index is 2.02. The summed E-state index contributed by atoms with van der Waals surface area (Å²) in [5.74, 6) is -0.254. The fraction of sp³-hybridized carbons (Fsp3) is 0.524. The summed E-state index contributed by atoms with van der Waals surface area (Å²) in [5.41, 5.74) is 2.20. The van der Waals surface area contributed by atoms with Crippen LogP contribution in [0.25, 0.3) is 6.08 Å². The molecule has 0 spiro atoms. The van der Waals surface area contributed by atoms with Gasteiger partial charge >= 0.3 is 5.97 Å². The Morgan fingerprint density at radius 3 is 2.48 bits per heavy atom. The van der Waals surface area contributed by atoms with E-state index in [-0.39, 0.29) is 24.3 Å². The van der Waals surface area contributed by atoms with E-state index in [1.54, 1.807) is 13.0 Å². The molecule has 4 heteroatoms. The molecular formula is C21H29NO3. The summed E-state index contributed by atoms with van der Waals surface area (Å²) in [6.45, 7) is 4.65. The number of nitrogens with zero attached hydrogens (tertiary/aromatic N) is 1. The molecule has 1 saturated carbocycles. The van der Waals surface area contributed by atoms with E-state index in [2.05, 4.69) is 0 Å². The maximum atomic E-state index is 12.7. The number of rotatable bonds is 7. The largest absolute Gasteiger partial charge is 0.466 e. The zero-order valence-electron chi connectivity index (χ0n) is 15.4. The summed E-state index contributed by atoms with van der Waals surface area (Å²) in [5, 5.41) is 0. The van der Waals surface area contributed by atoms with Crippen LogP contribution in [0.4, 0.5) is 0 Å². The number of amides is 1. The molecule has 0 radical (unpaired) electrons. The Morgan fingerprint density at radius 2 is 1.84 bits per heavy atom. The molecule has 1 amide bonds. The van der Waals surface area contributed by atoms with Crippen LogP contribution in [0, 0.1) is 6.92 Å². The van der Waals surface area contributed by atoms with Gasteiger partial charge < -0.3 is 9.64 Å². The highest BCUT2D eigenvalue weighted by Gasteiger charge is 2.24. The molecule has 1 fully saturated rings. The fourth-order valence-electron chi connectivity index (χ4n) is 3.25. The van der Waals surface area contributed by atoms with E-state index >= 15 is 0 Å². The van der Waals surface area contributed by atoms with Gasteiger partial charge in [-0.15, -0.1) is 0 Å². The van der Waals surface area contributed by atoms with Crippen molar-refractivity contribution in [1.82, 2.24) is 4.90 Å². The molecular weight excluding hydrogens is 314 g/mol. The number of esters is 1. The minimum atomic E-state index is -0.237. The molecule has 1 aromatic rings. The van der Waals surface area contributed by atoms with Gasteiger partial charge in [0, 0.05) is 18.7 Å². The molecule has 0 bridgehead atoms. The third kappa shape index (κ3) is 6.37. The fourth-order valence-corrected chi connectivity index (χ4v) is 3.25. The van der Waals surface area contributed by atoms with Gasteiger partial charge in [0.1, 0.15) is 0 Å². The summed E-state index contributed by atoms with van der Waals surface area (Å²) in [4.78, 5) is 26.3. The molecule has 0 unspecified atom stereocenters. The van der Waals surface area contributed by atoms with Crippen molar-refractivity contribution in [3.05, 3.63) is 41.5 Å². The first-order valence-electron chi connectivity index (χ1n) is 9.31. The van der Waals surface area contributed by atoms with Gasteiger partial charge in [-0.1, -0.05) is 49.1 Å². The number of carbonyl (C=O) groups is 2. The highest BCUT2D eigenvalue weighted by molar-refractivity contribution is 5.92. The van der Waals surface area contributed by atoms with Crippen molar-refractivity contribution < 1.29 is 14.3 Å². The van der Waals surface area contributed by atoms with E-state index in [9.17, 15) is 9.59 Å². The Kier molecular flexibility index (Phi) is 7.71. The predicted molar refractivity (Wildman–Crippen MR) is 100 cm³/mol. The first kappa shape index (κ1) is 19.2. The maximum Gasteiger partial charge on any atom is 0.307 e. The van der Waals surface area contributed by atoms with Crippen molar-refractivity contribution in [1.29, 1.82) is 0 Å². The van der Waals surface area contributed by atoms with Crippen molar-refractivity contribution in [2.24, 2.45) is 0 Å². The first-order chi connectivity index (χ1) is 12.1. The number of benzene rings is 1. The minimum absolute atomic E-state index is 0.0169. The number of aryl methyl sites for hydroxylation is 1.